The van der Waals surface area contributed by atoms with E-state index in [-0.39, 0.29) is 29.8 Å². The Labute approximate surface area is 163 Å². The molecule has 148 valence electrons. The predicted molar refractivity (Wildman–Crippen MR) is 105 cm³/mol. The van der Waals surface area contributed by atoms with Crippen LogP contribution in [-0.2, 0) is 22.7 Å². The summed E-state index contributed by atoms with van der Waals surface area (Å²) in [6.07, 6.45) is 4.94. The van der Waals surface area contributed by atoms with Crippen LogP contribution in [0.5, 0.6) is 5.75 Å². The number of nitrogens with one attached hydrogen (secondary N) is 1. The van der Waals surface area contributed by atoms with E-state index in [0.29, 0.717) is 32.4 Å². The average molecular weight is 383 g/mol. The van der Waals surface area contributed by atoms with E-state index in [1.807, 2.05) is 29.2 Å². The summed E-state index contributed by atoms with van der Waals surface area (Å²) in [5.74, 6) is 0.745. The molecule has 3 rings (SSSR count). The molecule has 2 amide bonds. The standard InChI is InChI=1S/C21H25N3O4/c1-28-19-4-2-3-16(13-19)14-24-12-7-17(5-6-21(24)27)22-20(26)15-23-10-8-18(25)9-11-23/h2-4,8-11,13,17H,5-7,12,14-15H2,1H3,(H,22,26). The van der Waals surface area contributed by atoms with Crippen molar-refractivity contribution in [3.63, 3.8) is 0 Å². The van der Waals surface area contributed by atoms with Gasteiger partial charge in [0.1, 0.15) is 12.3 Å². The van der Waals surface area contributed by atoms with Gasteiger partial charge in [-0.1, -0.05) is 12.1 Å². The monoisotopic (exact) mass is 383 g/mol. The van der Waals surface area contributed by atoms with E-state index in [0.717, 1.165) is 11.3 Å². The highest BCUT2D eigenvalue weighted by atomic mass is 16.5. The van der Waals surface area contributed by atoms with Crippen molar-refractivity contribution in [3.8, 4) is 5.75 Å². The minimum Gasteiger partial charge on any atom is -0.497 e. The SMILES string of the molecule is COc1cccc(CN2CCC(NC(=O)Cn3ccc(=O)cc3)CCC2=O)c1. The molecule has 0 aliphatic carbocycles. The Morgan fingerprint density at radius 3 is 2.71 bits per heavy atom. The third-order valence-electron chi connectivity index (χ3n) is 4.87. The highest BCUT2D eigenvalue weighted by Crippen LogP contribution is 2.18. The lowest BCUT2D eigenvalue weighted by Gasteiger charge is -2.21. The van der Waals surface area contributed by atoms with E-state index in [1.165, 1.54) is 12.1 Å². The zero-order valence-corrected chi connectivity index (χ0v) is 16.0. The second-order valence-corrected chi connectivity index (χ2v) is 6.96. The first-order chi connectivity index (χ1) is 13.5. The van der Waals surface area contributed by atoms with Crippen molar-refractivity contribution >= 4 is 11.8 Å². The number of likely N-dealkylation sites (tertiary alicyclic amines) is 1. The Bertz CT molecular complexity index is 873. The van der Waals surface area contributed by atoms with Gasteiger partial charge in [-0.05, 0) is 30.5 Å². The predicted octanol–water partition coefficient (Wildman–Crippen LogP) is 1.55. The molecule has 1 unspecified atom stereocenters. The van der Waals surface area contributed by atoms with Crippen molar-refractivity contribution in [1.29, 1.82) is 0 Å². The molecular weight excluding hydrogens is 358 g/mol. The Hall–Kier alpha value is -3.09. The van der Waals surface area contributed by atoms with Gasteiger partial charge in [0.2, 0.25) is 11.8 Å². The van der Waals surface area contributed by atoms with Crippen LogP contribution in [0, 0.1) is 0 Å². The van der Waals surface area contributed by atoms with Crippen molar-refractivity contribution in [2.75, 3.05) is 13.7 Å². The number of rotatable bonds is 6. The Morgan fingerprint density at radius 2 is 1.96 bits per heavy atom. The first-order valence-electron chi connectivity index (χ1n) is 9.39. The molecule has 28 heavy (non-hydrogen) atoms. The quantitative estimate of drug-likeness (QED) is 0.821. The van der Waals surface area contributed by atoms with Crippen LogP contribution in [0.4, 0.5) is 0 Å². The first kappa shape index (κ1) is 19.7. The molecular formula is C21H25N3O4. The normalized spacial score (nSPS) is 17.1. The maximum absolute atomic E-state index is 12.5. The van der Waals surface area contributed by atoms with Gasteiger partial charge in [-0.2, -0.15) is 0 Å². The largest absolute Gasteiger partial charge is 0.497 e. The van der Waals surface area contributed by atoms with Gasteiger partial charge in [-0.15, -0.1) is 0 Å². The molecule has 1 atom stereocenters. The third kappa shape index (κ3) is 5.45. The number of benzene rings is 1. The van der Waals surface area contributed by atoms with Gasteiger partial charge >= 0.3 is 0 Å². The molecule has 0 radical (unpaired) electrons. The number of hydrogen-bond acceptors (Lipinski definition) is 4. The molecule has 1 saturated heterocycles. The lowest BCUT2D eigenvalue weighted by atomic mass is 10.1. The van der Waals surface area contributed by atoms with Crippen LogP contribution >= 0.6 is 0 Å². The molecule has 2 aromatic rings. The average Bonchev–Trinajstić information content (AvgIpc) is 2.86. The van der Waals surface area contributed by atoms with Crippen LogP contribution in [-0.4, -0.2) is 41.0 Å². The number of pyridine rings is 1. The van der Waals surface area contributed by atoms with Gasteiger partial charge in [0.05, 0.1) is 7.11 Å². The number of hydrogen-bond donors (Lipinski definition) is 1. The number of amides is 2. The zero-order chi connectivity index (χ0) is 19.9. The molecule has 7 nitrogen and oxygen atoms in total. The topological polar surface area (TPSA) is 80.6 Å². The highest BCUT2D eigenvalue weighted by molar-refractivity contribution is 5.78. The zero-order valence-electron chi connectivity index (χ0n) is 16.0. The van der Waals surface area contributed by atoms with E-state index >= 15 is 0 Å². The molecule has 1 aromatic carbocycles. The molecule has 0 saturated carbocycles. The Kier molecular flexibility index (Phi) is 6.47. The smallest absolute Gasteiger partial charge is 0.240 e. The Balaban J connectivity index is 1.54. The van der Waals surface area contributed by atoms with E-state index < -0.39 is 0 Å². The van der Waals surface area contributed by atoms with Crippen molar-refractivity contribution < 1.29 is 14.3 Å². The van der Waals surface area contributed by atoms with E-state index in [2.05, 4.69) is 5.32 Å². The van der Waals surface area contributed by atoms with E-state index in [1.54, 1.807) is 24.1 Å². The number of nitrogens with zero attached hydrogens (tertiary/aromatic N) is 2. The minimum absolute atomic E-state index is 0.0360. The summed E-state index contributed by atoms with van der Waals surface area (Å²) in [6.45, 7) is 1.28. The molecule has 0 spiro atoms. The summed E-state index contributed by atoms with van der Waals surface area (Å²) in [4.78, 5) is 37.7. The summed E-state index contributed by atoms with van der Waals surface area (Å²) >= 11 is 0. The fourth-order valence-corrected chi connectivity index (χ4v) is 3.33. The number of carbonyl (C=O) groups excluding carboxylic acids is 2. The van der Waals surface area contributed by atoms with Gasteiger partial charge < -0.3 is 19.5 Å². The summed E-state index contributed by atoms with van der Waals surface area (Å²) in [5, 5.41) is 3.01. The number of methoxy groups -OCH3 is 1. The summed E-state index contributed by atoms with van der Waals surface area (Å²) in [7, 11) is 1.62. The number of aromatic nitrogens is 1. The minimum atomic E-state index is -0.123. The maximum Gasteiger partial charge on any atom is 0.240 e. The van der Waals surface area contributed by atoms with Crippen molar-refractivity contribution in [3.05, 3.63) is 64.6 Å². The molecule has 2 heterocycles. The van der Waals surface area contributed by atoms with Crippen molar-refractivity contribution in [2.45, 2.75) is 38.4 Å². The van der Waals surface area contributed by atoms with Crippen LogP contribution in [0.2, 0.25) is 0 Å². The van der Waals surface area contributed by atoms with Crippen molar-refractivity contribution in [2.24, 2.45) is 0 Å². The van der Waals surface area contributed by atoms with Crippen LogP contribution in [0.1, 0.15) is 24.8 Å². The lowest BCUT2D eigenvalue weighted by Crippen LogP contribution is -2.37. The van der Waals surface area contributed by atoms with Gasteiger partial charge in [-0.3, -0.25) is 14.4 Å². The van der Waals surface area contributed by atoms with Crippen LogP contribution in [0.3, 0.4) is 0 Å². The summed E-state index contributed by atoms with van der Waals surface area (Å²) < 4.78 is 6.90. The van der Waals surface area contributed by atoms with Crippen LogP contribution in [0.15, 0.2) is 53.6 Å². The molecule has 1 aliphatic rings. The first-order valence-corrected chi connectivity index (χ1v) is 9.39. The summed E-state index contributed by atoms with van der Waals surface area (Å²) in [6, 6.07) is 10.5. The second-order valence-electron chi connectivity index (χ2n) is 6.96. The number of carbonyl (C=O) groups is 2. The second kappa shape index (κ2) is 9.21. The summed E-state index contributed by atoms with van der Waals surface area (Å²) in [5.41, 5.74) is 0.934. The van der Waals surface area contributed by atoms with Gasteiger partial charge in [0, 0.05) is 50.1 Å². The lowest BCUT2D eigenvalue weighted by molar-refractivity contribution is -0.131. The van der Waals surface area contributed by atoms with Crippen LogP contribution in [0.25, 0.3) is 0 Å². The van der Waals surface area contributed by atoms with Crippen LogP contribution < -0.4 is 15.5 Å². The molecule has 1 N–H and O–H groups in total. The van der Waals surface area contributed by atoms with E-state index in [4.69, 9.17) is 4.74 Å². The molecule has 0 bridgehead atoms. The third-order valence-corrected chi connectivity index (χ3v) is 4.87. The molecule has 1 aliphatic heterocycles. The highest BCUT2D eigenvalue weighted by Gasteiger charge is 2.23. The fraction of sp³-hybridized carbons (Fsp3) is 0.381. The van der Waals surface area contributed by atoms with Gasteiger partial charge in [0.15, 0.2) is 5.43 Å². The number of ether oxygens (including phenoxy) is 1. The Morgan fingerprint density at radius 1 is 1.18 bits per heavy atom. The van der Waals surface area contributed by atoms with Gasteiger partial charge in [-0.25, -0.2) is 0 Å². The van der Waals surface area contributed by atoms with Gasteiger partial charge in [0.25, 0.3) is 0 Å². The van der Waals surface area contributed by atoms with E-state index in [9.17, 15) is 14.4 Å². The molecule has 1 fully saturated rings. The van der Waals surface area contributed by atoms with Crippen molar-refractivity contribution in [1.82, 2.24) is 14.8 Å². The fourth-order valence-electron chi connectivity index (χ4n) is 3.33. The molecule has 1 aromatic heterocycles. The maximum atomic E-state index is 12.5. The molecule has 7 heteroatoms.